The van der Waals surface area contributed by atoms with Crippen molar-refractivity contribution in [1.29, 1.82) is 0 Å². The van der Waals surface area contributed by atoms with Crippen LogP contribution in [-0.2, 0) is 4.79 Å². The SMILES string of the molecule is Cc1cc2cc(C(=O)c3cnn(-c4cnc(Oc5c(F)cccc5F)cc4C)c3N)[nH]c2cc1N1C(=O)N[C@@H](C)C1=O. The zero-order valence-corrected chi connectivity index (χ0v) is 22.5. The van der Waals surface area contributed by atoms with Gasteiger partial charge in [-0.25, -0.2) is 28.1 Å². The maximum atomic E-state index is 14.0. The minimum atomic E-state index is -0.869. The Morgan fingerprint density at radius 3 is 2.40 bits per heavy atom. The van der Waals surface area contributed by atoms with Gasteiger partial charge in [-0.3, -0.25) is 9.59 Å². The first-order valence-electron chi connectivity index (χ1n) is 12.8. The first-order valence-corrected chi connectivity index (χ1v) is 12.8. The van der Waals surface area contributed by atoms with Gasteiger partial charge in [-0.2, -0.15) is 5.10 Å². The highest BCUT2D eigenvalue weighted by Crippen LogP contribution is 2.32. The molecule has 13 heteroatoms. The van der Waals surface area contributed by atoms with Gasteiger partial charge in [-0.15, -0.1) is 0 Å². The van der Waals surface area contributed by atoms with Gasteiger partial charge >= 0.3 is 6.03 Å². The predicted octanol–water partition coefficient (Wildman–Crippen LogP) is 4.69. The Hall–Kier alpha value is -5.59. The molecule has 0 spiro atoms. The number of hydrogen-bond acceptors (Lipinski definition) is 7. The Morgan fingerprint density at radius 2 is 1.74 bits per heavy atom. The zero-order valence-electron chi connectivity index (χ0n) is 22.5. The molecule has 0 aliphatic carbocycles. The fraction of sp³-hybridized carbons (Fsp3) is 0.138. The highest BCUT2D eigenvalue weighted by molar-refractivity contribution is 6.22. The molecule has 1 fully saturated rings. The first-order chi connectivity index (χ1) is 20.0. The van der Waals surface area contributed by atoms with Crippen LogP contribution in [-0.4, -0.2) is 43.5 Å². The van der Waals surface area contributed by atoms with Crippen LogP contribution < -0.4 is 20.7 Å². The summed E-state index contributed by atoms with van der Waals surface area (Å²) >= 11 is 0. The first kappa shape index (κ1) is 26.6. The molecule has 212 valence electrons. The van der Waals surface area contributed by atoms with E-state index < -0.39 is 35.2 Å². The standard InChI is InChI=1S/C29H23F2N7O4/c1-13-7-16-9-21(36-20(16)10-22(13)37-28(40)15(3)35-29(37)41)25(39)17-11-34-38(27(17)32)23-12-33-24(8-14(23)2)42-26-18(30)5-4-6-19(26)31/h4-12,15,36H,32H2,1-3H3,(H,35,41)/t15-/m0/s1. The van der Waals surface area contributed by atoms with Gasteiger partial charge in [0.1, 0.15) is 11.9 Å². The van der Waals surface area contributed by atoms with Gasteiger partial charge in [0, 0.05) is 17.0 Å². The van der Waals surface area contributed by atoms with Crippen molar-refractivity contribution in [3.8, 4) is 17.3 Å². The van der Waals surface area contributed by atoms with Crippen LogP contribution in [0.5, 0.6) is 11.6 Å². The Balaban J connectivity index is 1.28. The lowest BCUT2D eigenvalue weighted by Crippen LogP contribution is -2.31. The van der Waals surface area contributed by atoms with Gasteiger partial charge in [0.2, 0.25) is 17.4 Å². The van der Waals surface area contributed by atoms with E-state index in [4.69, 9.17) is 10.5 Å². The highest BCUT2D eigenvalue weighted by Gasteiger charge is 2.37. The molecule has 6 rings (SSSR count). The molecule has 0 unspecified atom stereocenters. The Morgan fingerprint density at radius 1 is 1.02 bits per heavy atom. The normalized spacial score (nSPS) is 15.0. The number of halogens is 2. The number of pyridine rings is 1. The molecule has 2 aromatic carbocycles. The number of urea groups is 1. The Labute approximate surface area is 236 Å². The smallest absolute Gasteiger partial charge is 0.329 e. The number of nitrogens with two attached hydrogens (primary N) is 1. The van der Waals surface area contributed by atoms with Crippen LogP contribution in [0.25, 0.3) is 16.6 Å². The third kappa shape index (κ3) is 4.31. The number of anilines is 2. The van der Waals surface area contributed by atoms with Crippen molar-refractivity contribution in [2.75, 3.05) is 10.6 Å². The number of carbonyl (C=O) groups is 3. The topological polar surface area (TPSA) is 148 Å². The van der Waals surface area contributed by atoms with E-state index in [1.807, 2.05) is 0 Å². The number of ether oxygens (including phenoxy) is 1. The number of aromatic amines is 1. The molecule has 0 saturated carbocycles. The summed E-state index contributed by atoms with van der Waals surface area (Å²) in [7, 11) is 0. The minimum absolute atomic E-state index is 0.0439. The summed E-state index contributed by atoms with van der Waals surface area (Å²) in [5.74, 6) is -3.11. The van der Waals surface area contributed by atoms with Crippen LogP contribution in [0.1, 0.15) is 34.1 Å². The summed E-state index contributed by atoms with van der Waals surface area (Å²) in [6.07, 6.45) is 2.69. The van der Waals surface area contributed by atoms with E-state index in [1.165, 1.54) is 29.2 Å². The molecule has 4 N–H and O–H groups in total. The number of amides is 3. The number of para-hydroxylation sites is 1. The molecule has 5 aromatic rings. The van der Waals surface area contributed by atoms with E-state index in [0.29, 0.717) is 33.4 Å². The molecular weight excluding hydrogens is 548 g/mol. The van der Waals surface area contributed by atoms with Gasteiger partial charge in [-0.05, 0) is 62.2 Å². The van der Waals surface area contributed by atoms with Gasteiger partial charge < -0.3 is 20.8 Å². The van der Waals surface area contributed by atoms with E-state index in [9.17, 15) is 23.2 Å². The number of nitrogen functional groups attached to an aromatic ring is 1. The second-order valence-corrected chi connectivity index (χ2v) is 9.90. The van der Waals surface area contributed by atoms with Crippen LogP contribution in [0, 0.1) is 25.5 Å². The number of benzene rings is 2. The fourth-order valence-electron chi connectivity index (χ4n) is 4.83. The van der Waals surface area contributed by atoms with Crippen molar-refractivity contribution >= 4 is 40.1 Å². The van der Waals surface area contributed by atoms with Crippen molar-refractivity contribution in [3.63, 3.8) is 0 Å². The average Bonchev–Trinajstić information content (AvgIpc) is 3.60. The average molecular weight is 572 g/mol. The summed E-state index contributed by atoms with van der Waals surface area (Å²) in [5, 5.41) is 7.55. The van der Waals surface area contributed by atoms with Crippen LogP contribution >= 0.6 is 0 Å². The quantitative estimate of drug-likeness (QED) is 0.198. The van der Waals surface area contributed by atoms with Gasteiger partial charge in [-0.1, -0.05) is 6.07 Å². The van der Waals surface area contributed by atoms with E-state index in [1.54, 1.807) is 39.0 Å². The van der Waals surface area contributed by atoms with Crippen molar-refractivity contribution < 1.29 is 27.9 Å². The molecule has 1 aliphatic heterocycles. The highest BCUT2D eigenvalue weighted by atomic mass is 19.1. The molecule has 1 atom stereocenters. The lowest BCUT2D eigenvalue weighted by molar-refractivity contribution is -0.117. The molecule has 1 aliphatic rings. The molecule has 0 bridgehead atoms. The van der Waals surface area contributed by atoms with Crippen molar-refractivity contribution in [2.45, 2.75) is 26.8 Å². The van der Waals surface area contributed by atoms with Crippen molar-refractivity contribution in [1.82, 2.24) is 25.1 Å². The van der Waals surface area contributed by atoms with Crippen LogP contribution in [0.4, 0.5) is 25.1 Å². The van der Waals surface area contributed by atoms with E-state index >= 15 is 0 Å². The number of aromatic nitrogens is 4. The molecule has 3 aromatic heterocycles. The van der Waals surface area contributed by atoms with Crippen LogP contribution in [0.3, 0.4) is 0 Å². The molecule has 3 amide bonds. The third-order valence-electron chi connectivity index (χ3n) is 7.02. The Kier molecular flexibility index (Phi) is 6.21. The molecular formula is C29H23F2N7O4. The number of ketones is 1. The summed E-state index contributed by atoms with van der Waals surface area (Å²) in [6.45, 7) is 5.08. The number of H-pyrrole nitrogens is 1. The number of fused-ring (bicyclic) bond motifs is 1. The van der Waals surface area contributed by atoms with E-state index in [2.05, 4.69) is 20.4 Å². The van der Waals surface area contributed by atoms with E-state index in [-0.39, 0.29) is 28.9 Å². The van der Waals surface area contributed by atoms with Gasteiger partial charge in [0.15, 0.2) is 11.6 Å². The number of hydrogen-bond donors (Lipinski definition) is 3. The molecule has 4 heterocycles. The number of nitrogens with zero attached hydrogens (tertiary/aromatic N) is 4. The largest absolute Gasteiger partial charge is 0.433 e. The summed E-state index contributed by atoms with van der Waals surface area (Å²) in [5.41, 5.74) is 9.30. The number of carbonyl (C=O) groups excluding carboxylic acids is 3. The van der Waals surface area contributed by atoms with Crippen molar-refractivity contribution in [3.05, 3.63) is 88.9 Å². The molecule has 1 saturated heterocycles. The number of aryl methyl sites for hydroxylation is 2. The number of nitrogens with one attached hydrogen (secondary N) is 2. The molecule has 0 radical (unpaired) electrons. The zero-order chi connectivity index (χ0) is 29.9. The summed E-state index contributed by atoms with van der Waals surface area (Å²) < 4.78 is 34.6. The summed E-state index contributed by atoms with van der Waals surface area (Å²) in [4.78, 5) is 46.6. The second-order valence-electron chi connectivity index (χ2n) is 9.90. The number of imide groups is 1. The van der Waals surface area contributed by atoms with Gasteiger partial charge in [0.05, 0.1) is 35.0 Å². The lowest BCUT2D eigenvalue weighted by Gasteiger charge is -2.15. The monoisotopic (exact) mass is 571 g/mol. The lowest BCUT2D eigenvalue weighted by atomic mass is 10.1. The summed E-state index contributed by atoms with van der Waals surface area (Å²) in [6, 6.07) is 8.77. The maximum absolute atomic E-state index is 14.0. The fourth-order valence-corrected chi connectivity index (χ4v) is 4.83. The molecule has 11 nitrogen and oxygen atoms in total. The number of rotatable bonds is 6. The third-order valence-corrected chi connectivity index (χ3v) is 7.02. The van der Waals surface area contributed by atoms with Crippen molar-refractivity contribution in [2.24, 2.45) is 0 Å². The Bertz CT molecular complexity index is 1930. The van der Waals surface area contributed by atoms with Gasteiger partial charge in [0.25, 0.3) is 5.91 Å². The maximum Gasteiger partial charge on any atom is 0.329 e. The van der Waals surface area contributed by atoms with Crippen LogP contribution in [0.2, 0.25) is 0 Å². The van der Waals surface area contributed by atoms with E-state index in [0.717, 1.165) is 17.0 Å². The minimum Gasteiger partial charge on any atom is -0.433 e. The van der Waals surface area contributed by atoms with Crippen LogP contribution in [0.15, 0.2) is 54.9 Å². The molecule has 42 heavy (non-hydrogen) atoms. The second kappa shape index (κ2) is 9.80. The predicted molar refractivity (Wildman–Crippen MR) is 149 cm³/mol.